The van der Waals surface area contributed by atoms with E-state index in [9.17, 15) is 4.79 Å². The van der Waals surface area contributed by atoms with Crippen molar-refractivity contribution < 1.29 is 9.53 Å². The van der Waals surface area contributed by atoms with Gasteiger partial charge in [-0.1, -0.05) is 44.2 Å². The van der Waals surface area contributed by atoms with Gasteiger partial charge in [0.2, 0.25) is 5.91 Å². The summed E-state index contributed by atoms with van der Waals surface area (Å²) in [7, 11) is 0. The number of morpholine rings is 1. The molecule has 2 unspecified atom stereocenters. The Kier molecular flexibility index (Phi) is 12.9. The molecule has 0 radical (unpaired) electrons. The maximum atomic E-state index is 12.2. The minimum absolute atomic E-state index is 0. The van der Waals surface area contributed by atoms with Gasteiger partial charge in [0.05, 0.1) is 19.3 Å². The number of carbonyl (C=O) groups excluding carboxylic acids is 1. The summed E-state index contributed by atoms with van der Waals surface area (Å²) in [5, 5.41) is 6.42. The number of carbonyl (C=O) groups is 1. The maximum Gasteiger partial charge on any atom is 0.221 e. The zero-order valence-electron chi connectivity index (χ0n) is 15.1. The number of amides is 1. The standard InChI is InChI=1S/C18H29N3O2.2ClH/c1-3-21(4-2)17(15-8-6-5-7-9-15)13-20-18(22)12-16-14-23-11-10-19-16;;/h5-9,16-17,19H,3-4,10-14H2,1-2H3,(H,20,22);2*1H. The molecule has 1 saturated heterocycles. The van der Waals surface area contributed by atoms with Crippen molar-refractivity contribution in [2.75, 3.05) is 39.4 Å². The van der Waals surface area contributed by atoms with Crippen molar-refractivity contribution in [3.8, 4) is 0 Å². The highest BCUT2D eigenvalue weighted by Crippen LogP contribution is 2.19. The summed E-state index contributed by atoms with van der Waals surface area (Å²) in [6.45, 7) is 9.05. The lowest BCUT2D eigenvalue weighted by Gasteiger charge is -2.30. The zero-order chi connectivity index (χ0) is 16.5. The summed E-state index contributed by atoms with van der Waals surface area (Å²) in [6.07, 6.45) is 0.472. The minimum atomic E-state index is 0. The summed E-state index contributed by atoms with van der Waals surface area (Å²) < 4.78 is 5.40. The van der Waals surface area contributed by atoms with Crippen molar-refractivity contribution in [1.29, 1.82) is 0 Å². The smallest absolute Gasteiger partial charge is 0.221 e. The summed E-state index contributed by atoms with van der Waals surface area (Å²) in [4.78, 5) is 14.6. The molecular formula is C18H31Cl2N3O2. The van der Waals surface area contributed by atoms with Crippen LogP contribution in [0, 0.1) is 0 Å². The van der Waals surface area contributed by atoms with Gasteiger partial charge < -0.3 is 15.4 Å². The van der Waals surface area contributed by atoms with Gasteiger partial charge in [0.15, 0.2) is 0 Å². The molecule has 2 atom stereocenters. The lowest BCUT2D eigenvalue weighted by molar-refractivity contribution is -0.122. The van der Waals surface area contributed by atoms with Crippen molar-refractivity contribution in [2.45, 2.75) is 32.4 Å². The van der Waals surface area contributed by atoms with E-state index in [1.165, 1.54) is 5.56 Å². The van der Waals surface area contributed by atoms with Gasteiger partial charge in [0.1, 0.15) is 0 Å². The normalized spacial score (nSPS) is 18.0. The molecule has 2 rings (SSSR count). The van der Waals surface area contributed by atoms with Gasteiger partial charge in [-0.15, -0.1) is 24.8 Å². The third-order valence-electron chi connectivity index (χ3n) is 4.36. The molecule has 1 aliphatic heterocycles. The van der Waals surface area contributed by atoms with E-state index in [-0.39, 0.29) is 42.8 Å². The number of halogens is 2. The molecule has 0 aliphatic carbocycles. The van der Waals surface area contributed by atoms with Crippen LogP contribution in [-0.4, -0.2) is 56.2 Å². The van der Waals surface area contributed by atoms with Crippen LogP contribution in [0.15, 0.2) is 30.3 Å². The van der Waals surface area contributed by atoms with Crippen LogP contribution in [0.1, 0.15) is 31.9 Å². The number of hydrogen-bond acceptors (Lipinski definition) is 4. The summed E-state index contributed by atoms with van der Waals surface area (Å²) in [6, 6.07) is 10.7. The summed E-state index contributed by atoms with van der Waals surface area (Å²) >= 11 is 0. The first-order valence-corrected chi connectivity index (χ1v) is 8.61. The number of likely N-dealkylation sites (N-methyl/N-ethyl adjacent to an activating group) is 1. The lowest BCUT2D eigenvalue weighted by Crippen LogP contribution is -2.45. The van der Waals surface area contributed by atoms with E-state index in [1.807, 2.05) is 6.07 Å². The molecule has 7 heteroatoms. The largest absolute Gasteiger partial charge is 0.378 e. The molecule has 144 valence electrons. The van der Waals surface area contributed by atoms with Gasteiger partial charge in [-0.2, -0.15) is 0 Å². The third kappa shape index (κ3) is 7.92. The Morgan fingerprint density at radius 3 is 2.52 bits per heavy atom. The van der Waals surface area contributed by atoms with Crippen molar-refractivity contribution >= 4 is 30.7 Å². The number of hydrogen-bond donors (Lipinski definition) is 2. The molecule has 0 bridgehead atoms. The quantitative estimate of drug-likeness (QED) is 0.714. The molecule has 1 fully saturated rings. The fourth-order valence-corrected chi connectivity index (χ4v) is 3.05. The fraction of sp³-hybridized carbons (Fsp3) is 0.611. The Hall–Kier alpha value is -0.850. The summed E-state index contributed by atoms with van der Waals surface area (Å²) in [5.74, 6) is 0.0843. The number of ether oxygens (including phenoxy) is 1. The molecule has 1 heterocycles. The van der Waals surface area contributed by atoms with Crippen molar-refractivity contribution in [3.05, 3.63) is 35.9 Å². The number of nitrogens with one attached hydrogen (secondary N) is 2. The molecule has 1 aliphatic rings. The van der Waals surface area contributed by atoms with E-state index in [4.69, 9.17) is 4.74 Å². The molecule has 0 aromatic heterocycles. The van der Waals surface area contributed by atoms with Crippen molar-refractivity contribution in [1.82, 2.24) is 15.5 Å². The van der Waals surface area contributed by atoms with Crippen LogP contribution in [0.2, 0.25) is 0 Å². The first kappa shape index (κ1) is 24.1. The van der Waals surface area contributed by atoms with Crippen LogP contribution in [0.4, 0.5) is 0 Å². The molecule has 0 spiro atoms. The second-order valence-electron chi connectivity index (χ2n) is 5.88. The number of rotatable bonds is 8. The van der Waals surface area contributed by atoms with Gasteiger partial charge in [-0.05, 0) is 18.7 Å². The third-order valence-corrected chi connectivity index (χ3v) is 4.36. The second-order valence-corrected chi connectivity index (χ2v) is 5.88. The van der Waals surface area contributed by atoms with Crippen LogP contribution >= 0.6 is 24.8 Å². The summed E-state index contributed by atoms with van der Waals surface area (Å²) in [5.41, 5.74) is 1.25. The average molecular weight is 392 g/mol. The topological polar surface area (TPSA) is 53.6 Å². The van der Waals surface area contributed by atoms with Gasteiger partial charge in [0.25, 0.3) is 0 Å². The number of benzene rings is 1. The lowest BCUT2D eigenvalue weighted by atomic mass is 10.0. The van der Waals surface area contributed by atoms with E-state index < -0.39 is 0 Å². The Balaban J connectivity index is 0.00000288. The maximum absolute atomic E-state index is 12.2. The first-order valence-electron chi connectivity index (χ1n) is 8.61. The van der Waals surface area contributed by atoms with Crippen LogP contribution < -0.4 is 10.6 Å². The Labute approximate surface area is 163 Å². The zero-order valence-corrected chi connectivity index (χ0v) is 16.7. The highest BCUT2D eigenvalue weighted by molar-refractivity contribution is 5.85. The van der Waals surface area contributed by atoms with Crippen molar-refractivity contribution in [2.24, 2.45) is 0 Å². The van der Waals surface area contributed by atoms with E-state index in [1.54, 1.807) is 0 Å². The Morgan fingerprint density at radius 1 is 1.28 bits per heavy atom. The Morgan fingerprint density at radius 2 is 1.96 bits per heavy atom. The monoisotopic (exact) mass is 391 g/mol. The molecule has 5 nitrogen and oxygen atoms in total. The van der Waals surface area contributed by atoms with Gasteiger partial charge in [-0.25, -0.2) is 0 Å². The van der Waals surface area contributed by atoms with Gasteiger partial charge in [-0.3, -0.25) is 9.69 Å². The van der Waals surface area contributed by atoms with Crippen LogP contribution in [0.25, 0.3) is 0 Å². The molecule has 2 N–H and O–H groups in total. The minimum Gasteiger partial charge on any atom is -0.378 e. The average Bonchev–Trinajstić information content (AvgIpc) is 2.60. The fourth-order valence-electron chi connectivity index (χ4n) is 3.05. The molecular weight excluding hydrogens is 361 g/mol. The van der Waals surface area contributed by atoms with E-state index in [0.29, 0.717) is 19.6 Å². The molecule has 0 saturated carbocycles. The Bertz CT molecular complexity index is 467. The van der Waals surface area contributed by atoms with Crippen LogP contribution in [0.3, 0.4) is 0 Å². The van der Waals surface area contributed by atoms with Crippen molar-refractivity contribution in [3.63, 3.8) is 0 Å². The second kappa shape index (κ2) is 13.4. The van der Waals surface area contributed by atoms with E-state index in [0.717, 1.165) is 26.2 Å². The molecule has 25 heavy (non-hydrogen) atoms. The van der Waals surface area contributed by atoms with E-state index in [2.05, 4.69) is 53.6 Å². The predicted octanol–water partition coefficient (Wildman–Crippen LogP) is 2.41. The molecule has 1 aromatic carbocycles. The SMILES string of the molecule is CCN(CC)C(CNC(=O)CC1COCCN1)c1ccccc1.Cl.Cl. The first-order chi connectivity index (χ1) is 11.2. The highest BCUT2D eigenvalue weighted by atomic mass is 35.5. The van der Waals surface area contributed by atoms with Gasteiger partial charge >= 0.3 is 0 Å². The van der Waals surface area contributed by atoms with Crippen LogP contribution in [-0.2, 0) is 9.53 Å². The molecule has 1 amide bonds. The van der Waals surface area contributed by atoms with E-state index >= 15 is 0 Å². The van der Waals surface area contributed by atoms with Crippen LogP contribution in [0.5, 0.6) is 0 Å². The number of nitrogens with zero attached hydrogens (tertiary/aromatic N) is 1. The van der Waals surface area contributed by atoms with Gasteiger partial charge in [0, 0.05) is 25.6 Å². The predicted molar refractivity (Wildman–Crippen MR) is 107 cm³/mol. The highest BCUT2D eigenvalue weighted by Gasteiger charge is 2.20. The molecule has 1 aromatic rings.